The lowest BCUT2D eigenvalue weighted by atomic mass is 10.1. The molecule has 2 rings (SSSR count). The molecule has 0 aliphatic carbocycles. The number of rotatable bonds is 4. The average Bonchev–Trinajstić information content (AvgIpc) is 2.79. The van der Waals surface area contributed by atoms with Crippen LogP contribution in [0.2, 0.25) is 0 Å². The van der Waals surface area contributed by atoms with Crippen molar-refractivity contribution < 1.29 is 18.7 Å². The molecule has 0 aliphatic rings. The maximum atomic E-state index is 12.4. The number of ether oxygens (including phenoxy) is 1. The highest BCUT2D eigenvalue weighted by molar-refractivity contribution is 5.99. The van der Waals surface area contributed by atoms with E-state index >= 15 is 0 Å². The summed E-state index contributed by atoms with van der Waals surface area (Å²) < 4.78 is 10.8. The molecular formula is C18H21NO4. The van der Waals surface area contributed by atoms with E-state index in [4.69, 9.17) is 9.15 Å². The zero-order chi connectivity index (χ0) is 17.1. The van der Waals surface area contributed by atoms with Crippen LogP contribution < -0.4 is 4.90 Å². The van der Waals surface area contributed by atoms with Crippen molar-refractivity contribution in [2.45, 2.75) is 33.8 Å². The van der Waals surface area contributed by atoms with Crippen molar-refractivity contribution in [1.29, 1.82) is 0 Å². The van der Waals surface area contributed by atoms with Crippen LogP contribution in [0.5, 0.6) is 0 Å². The van der Waals surface area contributed by atoms with Crippen LogP contribution in [0.4, 0.5) is 5.69 Å². The van der Waals surface area contributed by atoms with Crippen LogP contribution in [0.15, 0.2) is 34.7 Å². The van der Waals surface area contributed by atoms with Crippen LogP contribution in [-0.4, -0.2) is 25.0 Å². The van der Waals surface area contributed by atoms with Gasteiger partial charge in [-0.1, -0.05) is 18.2 Å². The summed E-state index contributed by atoms with van der Waals surface area (Å²) >= 11 is 0. The van der Waals surface area contributed by atoms with Crippen LogP contribution in [-0.2, 0) is 9.53 Å². The average molecular weight is 315 g/mol. The Morgan fingerprint density at radius 2 is 1.70 bits per heavy atom. The maximum Gasteiger partial charge on any atom is 0.342 e. The van der Waals surface area contributed by atoms with Crippen molar-refractivity contribution in [3.63, 3.8) is 0 Å². The van der Waals surface area contributed by atoms with Crippen LogP contribution in [0.1, 0.15) is 34.4 Å². The molecule has 0 spiro atoms. The predicted molar refractivity (Wildman–Crippen MR) is 87.6 cm³/mol. The quantitative estimate of drug-likeness (QED) is 0.811. The summed E-state index contributed by atoms with van der Waals surface area (Å²) in [5.74, 6) is 0.343. The van der Waals surface area contributed by atoms with Crippen LogP contribution in [0.25, 0.3) is 0 Å². The monoisotopic (exact) mass is 315 g/mol. The van der Waals surface area contributed by atoms with Gasteiger partial charge in [0.2, 0.25) is 0 Å². The Balaban J connectivity index is 2.10. The molecule has 2 aromatic rings. The SMILES string of the molecule is Cc1oc(C)c(C(=O)O[C@@H](C)C(=O)N(C)c2ccccc2)c1C. The van der Waals surface area contributed by atoms with E-state index in [0.717, 1.165) is 11.3 Å². The van der Waals surface area contributed by atoms with Crippen LogP contribution in [0, 0.1) is 20.8 Å². The number of para-hydroxylation sites is 1. The second-order valence-electron chi connectivity index (χ2n) is 5.49. The second-order valence-corrected chi connectivity index (χ2v) is 5.49. The van der Waals surface area contributed by atoms with Crippen molar-refractivity contribution in [3.8, 4) is 0 Å². The zero-order valence-electron chi connectivity index (χ0n) is 14.0. The van der Waals surface area contributed by atoms with Gasteiger partial charge >= 0.3 is 5.97 Å². The fourth-order valence-electron chi connectivity index (χ4n) is 2.42. The van der Waals surface area contributed by atoms with Crippen molar-refractivity contribution in [3.05, 3.63) is 53.0 Å². The third kappa shape index (κ3) is 3.44. The van der Waals surface area contributed by atoms with Crippen molar-refractivity contribution in [1.82, 2.24) is 0 Å². The van der Waals surface area contributed by atoms with Gasteiger partial charge in [0, 0.05) is 18.3 Å². The highest BCUT2D eigenvalue weighted by atomic mass is 16.5. The number of carbonyl (C=O) groups excluding carboxylic acids is 2. The molecule has 23 heavy (non-hydrogen) atoms. The smallest absolute Gasteiger partial charge is 0.342 e. The Morgan fingerprint density at radius 1 is 1.09 bits per heavy atom. The number of likely N-dealkylation sites (N-methyl/N-ethyl adjacent to an activating group) is 1. The topological polar surface area (TPSA) is 59.8 Å². The molecule has 122 valence electrons. The summed E-state index contributed by atoms with van der Waals surface area (Å²) in [5.41, 5.74) is 1.87. The number of furan rings is 1. The Labute approximate surface area is 135 Å². The number of hydrogen-bond acceptors (Lipinski definition) is 4. The molecule has 0 saturated heterocycles. The summed E-state index contributed by atoms with van der Waals surface area (Å²) in [7, 11) is 1.65. The number of hydrogen-bond donors (Lipinski definition) is 0. The molecule has 1 aromatic carbocycles. The molecule has 0 N–H and O–H groups in total. The van der Waals surface area contributed by atoms with Gasteiger partial charge < -0.3 is 14.1 Å². The first kappa shape index (κ1) is 16.8. The lowest BCUT2D eigenvalue weighted by Gasteiger charge is -2.21. The Kier molecular flexibility index (Phi) is 4.89. The number of nitrogens with zero attached hydrogens (tertiary/aromatic N) is 1. The summed E-state index contributed by atoms with van der Waals surface area (Å²) in [4.78, 5) is 26.2. The lowest BCUT2D eigenvalue weighted by molar-refractivity contribution is -0.126. The summed E-state index contributed by atoms with van der Waals surface area (Å²) in [6.45, 7) is 6.86. The number of carbonyl (C=O) groups is 2. The van der Waals surface area contributed by atoms with Gasteiger partial charge in [-0.25, -0.2) is 4.79 Å². The number of benzene rings is 1. The standard InChI is InChI=1S/C18H21NO4/c1-11-12(2)22-13(3)16(11)18(21)23-14(4)17(20)19(5)15-9-7-6-8-10-15/h6-10,14H,1-5H3/t14-/m0/s1. The molecule has 1 heterocycles. The molecule has 1 aromatic heterocycles. The van der Waals surface area contributed by atoms with Crippen molar-refractivity contribution in [2.75, 3.05) is 11.9 Å². The van der Waals surface area contributed by atoms with Crippen molar-refractivity contribution in [2.24, 2.45) is 0 Å². The number of aryl methyl sites for hydroxylation is 2. The normalized spacial score (nSPS) is 11.9. The Bertz CT molecular complexity index is 718. The number of amides is 1. The van der Waals surface area contributed by atoms with E-state index in [1.54, 1.807) is 34.7 Å². The molecule has 5 nitrogen and oxygen atoms in total. The van der Waals surface area contributed by atoms with Gasteiger partial charge in [0.15, 0.2) is 6.10 Å². The first-order valence-electron chi connectivity index (χ1n) is 7.43. The molecule has 5 heteroatoms. The summed E-state index contributed by atoms with van der Waals surface area (Å²) in [6.07, 6.45) is -0.887. The number of anilines is 1. The molecule has 0 bridgehead atoms. The zero-order valence-corrected chi connectivity index (χ0v) is 14.0. The van der Waals surface area contributed by atoms with Gasteiger partial charge in [-0.05, 0) is 39.8 Å². The minimum Gasteiger partial charge on any atom is -0.465 e. The van der Waals surface area contributed by atoms with Crippen molar-refractivity contribution >= 4 is 17.6 Å². The third-order valence-electron chi connectivity index (χ3n) is 3.87. The van der Waals surface area contributed by atoms with E-state index < -0.39 is 12.1 Å². The summed E-state index contributed by atoms with van der Waals surface area (Å²) in [6, 6.07) is 9.20. The van der Waals surface area contributed by atoms with E-state index in [1.165, 1.54) is 4.90 Å². The van der Waals surface area contributed by atoms with E-state index in [1.807, 2.05) is 30.3 Å². The lowest BCUT2D eigenvalue weighted by Crippen LogP contribution is -2.37. The minimum atomic E-state index is -0.887. The molecular weight excluding hydrogens is 294 g/mol. The Hall–Kier alpha value is -2.56. The van der Waals surface area contributed by atoms with Gasteiger partial charge in [-0.3, -0.25) is 4.79 Å². The molecule has 0 fully saturated rings. The van der Waals surface area contributed by atoms with Gasteiger partial charge in [-0.15, -0.1) is 0 Å². The Morgan fingerprint density at radius 3 is 2.22 bits per heavy atom. The molecule has 1 amide bonds. The van der Waals surface area contributed by atoms with Gasteiger partial charge in [0.1, 0.15) is 17.1 Å². The van der Waals surface area contributed by atoms with Gasteiger partial charge in [-0.2, -0.15) is 0 Å². The molecule has 0 radical (unpaired) electrons. The molecule has 0 unspecified atom stereocenters. The maximum absolute atomic E-state index is 12.4. The van der Waals surface area contributed by atoms with Crippen LogP contribution in [0.3, 0.4) is 0 Å². The second kappa shape index (κ2) is 6.69. The highest BCUT2D eigenvalue weighted by Crippen LogP contribution is 2.22. The van der Waals surface area contributed by atoms with Crippen LogP contribution >= 0.6 is 0 Å². The van der Waals surface area contributed by atoms with E-state index in [-0.39, 0.29) is 5.91 Å². The first-order chi connectivity index (χ1) is 10.8. The first-order valence-corrected chi connectivity index (χ1v) is 7.43. The molecule has 0 aliphatic heterocycles. The predicted octanol–water partition coefficient (Wildman–Crippen LogP) is 3.41. The minimum absolute atomic E-state index is 0.292. The largest absolute Gasteiger partial charge is 0.465 e. The molecule has 1 atom stereocenters. The summed E-state index contributed by atoms with van der Waals surface area (Å²) in [5, 5.41) is 0. The number of esters is 1. The van der Waals surface area contributed by atoms with E-state index in [0.29, 0.717) is 17.1 Å². The fourth-order valence-corrected chi connectivity index (χ4v) is 2.42. The fraction of sp³-hybridized carbons (Fsp3) is 0.333. The highest BCUT2D eigenvalue weighted by Gasteiger charge is 2.26. The van der Waals surface area contributed by atoms with E-state index in [2.05, 4.69) is 0 Å². The third-order valence-corrected chi connectivity index (χ3v) is 3.87. The van der Waals surface area contributed by atoms with Gasteiger partial charge in [0.05, 0.1) is 0 Å². The molecule has 0 saturated carbocycles. The van der Waals surface area contributed by atoms with Gasteiger partial charge in [0.25, 0.3) is 5.91 Å². The van der Waals surface area contributed by atoms with E-state index in [9.17, 15) is 9.59 Å².